The summed E-state index contributed by atoms with van der Waals surface area (Å²) in [5.74, 6) is 1.16. The molecule has 4 heteroatoms. The number of Topliss-reactive ketones (excluding diaryl/α,β-unsaturated/α-hetero) is 1. The normalized spacial score (nSPS) is 16.9. The summed E-state index contributed by atoms with van der Waals surface area (Å²) in [6, 6.07) is 13.0. The topological polar surface area (TPSA) is 52.3 Å². The molecule has 2 N–H and O–H groups in total. The number of nitrogen functional groups attached to an aromatic ring is 1. The van der Waals surface area contributed by atoms with E-state index in [4.69, 9.17) is 22.1 Å². The molecule has 108 valence electrons. The van der Waals surface area contributed by atoms with Gasteiger partial charge in [0.05, 0.1) is 17.3 Å². The van der Waals surface area contributed by atoms with Gasteiger partial charge in [-0.25, -0.2) is 0 Å². The number of halogens is 1. The van der Waals surface area contributed by atoms with Crippen LogP contribution in [-0.2, 0) is 0 Å². The highest BCUT2D eigenvalue weighted by Crippen LogP contribution is 2.36. The van der Waals surface area contributed by atoms with Crippen molar-refractivity contribution >= 4 is 23.1 Å². The van der Waals surface area contributed by atoms with E-state index in [1.165, 1.54) is 0 Å². The molecule has 0 fully saturated rings. The van der Waals surface area contributed by atoms with E-state index in [0.717, 1.165) is 17.7 Å². The Morgan fingerprint density at radius 1 is 1.29 bits per heavy atom. The van der Waals surface area contributed by atoms with Gasteiger partial charge in [-0.3, -0.25) is 4.79 Å². The lowest BCUT2D eigenvalue weighted by molar-refractivity contribution is 0.0966. The Balaban J connectivity index is 1.81. The average Bonchev–Trinajstić information content (AvgIpc) is 2.50. The summed E-state index contributed by atoms with van der Waals surface area (Å²) in [5.41, 5.74) is 7.93. The first kappa shape index (κ1) is 14.0. The maximum Gasteiger partial charge on any atom is 0.163 e. The summed E-state index contributed by atoms with van der Waals surface area (Å²) >= 11 is 5.89. The maximum atomic E-state index is 12.4. The number of rotatable bonds is 3. The van der Waals surface area contributed by atoms with Crippen molar-refractivity contribution in [3.63, 3.8) is 0 Å². The summed E-state index contributed by atoms with van der Waals surface area (Å²) in [7, 11) is 0. The number of fused-ring (bicyclic) bond motifs is 1. The third-order valence-corrected chi connectivity index (χ3v) is 4.18. The number of benzene rings is 2. The van der Waals surface area contributed by atoms with Crippen molar-refractivity contribution in [3.05, 3.63) is 58.6 Å². The molecule has 3 rings (SSSR count). The molecular weight excluding hydrogens is 286 g/mol. The largest absolute Gasteiger partial charge is 0.493 e. The van der Waals surface area contributed by atoms with Crippen LogP contribution in [0.1, 0.15) is 34.7 Å². The van der Waals surface area contributed by atoms with Gasteiger partial charge in [0, 0.05) is 12.0 Å². The number of ketones is 1. The highest BCUT2D eigenvalue weighted by atomic mass is 35.5. The van der Waals surface area contributed by atoms with Gasteiger partial charge in [0.1, 0.15) is 5.75 Å². The molecule has 0 saturated carbocycles. The molecule has 0 radical (unpaired) electrons. The zero-order chi connectivity index (χ0) is 14.8. The number of ether oxygens (including phenoxy) is 1. The van der Waals surface area contributed by atoms with Gasteiger partial charge in [-0.15, -0.1) is 0 Å². The molecule has 0 aliphatic carbocycles. The summed E-state index contributed by atoms with van der Waals surface area (Å²) in [6.45, 7) is 0.651. The van der Waals surface area contributed by atoms with E-state index in [0.29, 0.717) is 29.3 Å². The van der Waals surface area contributed by atoms with Crippen LogP contribution >= 0.6 is 11.6 Å². The van der Waals surface area contributed by atoms with Crippen molar-refractivity contribution in [1.29, 1.82) is 0 Å². The highest BCUT2D eigenvalue weighted by molar-refractivity contribution is 6.33. The molecule has 2 aromatic carbocycles. The monoisotopic (exact) mass is 301 g/mol. The molecule has 3 nitrogen and oxygen atoms in total. The molecule has 1 aliphatic heterocycles. The molecule has 0 aromatic heterocycles. The van der Waals surface area contributed by atoms with E-state index in [1.54, 1.807) is 18.2 Å². The Labute approximate surface area is 128 Å². The SMILES string of the molecule is Nc1cc(C(=O)CC2CCOc3ccccc32)ccc1Cl. The number of hydrogen-bond donors (Lipinski definition) is 1. The van der Waals surface area contributed by atoms with Gasteiger partial charge in [-0.1, -0.05) is 29.8 Å². The Kier molecular flexibility index (Phi) is 3.84. The quantitative estimate of drug-likeness (QED) is 0.687. The van der Waals surface area contributed by atoms with Gasteiger partial charge in [0.2, 0.25) is 0 Å². The van der Waals surface area contributed by atoms with Gasteiger partial charge >= 0.3 is 0 Å². The molecule has 0 spiro atoms. The van der Waals surface area contributed by atoms with Crippen LogP contribution in [-0.4, -0.2) is 12.4 Å². The molecule has 0 bridgehead atoms. The second-order valence-corrected chi connectivity index (χ2v) is 5.64. The van der Waals surface area contributed by atoms with Gasteiger partial charge < -0.3 is 10.5 Å². The minimum absolute atomic E-state index is 0.0834. The number of carbonyl (C=O) groups excluding carboxylic acids is 1. The molecule has 21 heavy (non-hydrogen) atoms. The summed E-state index contributed by atoms with van der Waals surface area (Å²) in [6.07, 6.45) is 1.31. The van der Waals surface area contributed by atoms with E-state index < -0.39 is 0 Å². The van der Waals surface area contributed by atoms with E-state index in [2.05, 4.69) is 0 Å². The predicted molar refractivity (Wildman–Crippen MR) is 84.1 cm³/mol. The van der Waals surface area contributed by atoms with Gasteiger partial charge in [0.25, 0.3) is 0 Å². The third-order valence-electron chi connectivity index (χ3n) is 3.83. The number of para-hydroxylation sites is 1. The lowest BCUT2D eigenvalue weighted by atomic mass is 9.87. The van der Waals surface area contributed by atoms with Crippen molar-refractivity contribution in [1.82, 2.24) is 0 Å². The first-order chi connectivity index (χ1) is 10.1. The fraction of sp³-hybridized carbons (Fsp3) is 0.235. The Bertz CT molecular complexity index is 684. The molecular formula is C17H16ClNO2. The number of anilines is 1. The van der Waals surface area contributed by atoms with E-state index >= 15 is 0 Å². The van der Waals surface area contributed by atoms with Gasteiger partial charge in [-0.2, -0.15) is 0 Å². The highest BCUT2D eigenvalue weighted by Gasteiger charge is 2.24. The lowest BCUT2D eigenvalue weighted by Crippen LogP contribution is -2.17. The van der Waals surface area contributed by atoms with Crippen LogP contribution in [0.5, 0.6) is 5.75 Å². The Hall–Kier alpha value is -2.00. The smallest absolute Gasteiger partial charge is 0.163 e. The van der Waals surface area contributed by atoms with Crippen molar-refractivity contribution in [3.8, 4) is 5.75 Å². The predicted octanol–water partition coefficient (Wildman–Crippen LogP) is 4.06. The van der Waals surface area contributed by atoms with Crippen LogP contribution in [0.15, 0.2) is 42.5 Å². The van der Waals surface area contributed by atoms with E-state index in [9.17, 15) is 4.79 Å². The van der Waals surface area contributed by atoms with Gasteiger partial charge in [0.15, 0.2) is 5.78 Å². The Morgan fingerprint density at radius 2 is 2.10 bits per heavy atom. The number of hydrogen-bond acceptors (Lipinski definition) is 3. The first-order valence-electron chi connectivity index (χ1n) is 6.95. The number of nitrogens with two attached hydrogens (primary N) is 1. The van der Waals surface area contributed by atoms with E-state index in [1.807, 2.05) is 24.3 Å². The maximum absolute atomic E-state index is 12.4. The summed E-state index contributed by atoms with van der Waals surface area (Å²) < 4.78 is 5.63. The van der Waals surface area contributed by atoms with Crippen molar-refractivity contribution < 1.29 is 9.53 Å². The molecule has 2 aromatic rings. The lowest BCUT2D eigenvalue weighted by Gasteiger charge is -2.25. The summed E-state index contributed by atoms with van der Waals surface area (Å²) in [4.78, 5) is 12.4. The molecule has 0 amide bonds. The third kappa shape index (κ3) is 2.88. The van der Waals surface area contributed by atoms with Crippen molar-refractivity contribution in [2.45, 2.75) is 18.8 Å². The minimum atomic E-state index is 0.0834. The summed E-state index contributed by atoms with van der Waals surface area (Å²) in [5, 5.41) is 0.475. The molecule has 1 heterocycles. The minimum Gasteiger partial charge on any atom is -0.493 e. The van der Waals surface area contributed by atoms with Crippen LogP contribution < -0.4 is 10.5 Å². The van der Waals surface area contributed by atoms with Crippen LogP contribution in [0, 0.1) is 0 Å². The van der Waals surface area contributed by atoms with Crippen LogP contribution in [0.4, 0.5) is 5.69 Å². The molecule has 1 unspecified atom stereocenters. The first-order valence-corrected chi connectivity index (χ1v) is 7.33. The second-order valence-electron chi connectivity index (χ2n) is 5.24. The van der Waals surface area contributed by atoms with Crippen LogP contribution in [0.3, 0.4) is 0 Å². The van der Waals surface area contributed by atoms with E-state index in [-0.39, 0.29) is 11.7 Å². The zero-order valence-electron chi connectivity index (χ0n) is 11.5. The molecule has 0 saturated heterocycles. The van der Waals surface area contributed by atoms with Crippen LogP contribution in [0.2, 0.25) is 5.02 Å². The second kappa shape index (κ2) is 5.78. The van der Waals surface area contributed by atoms with Crippen LogP contribution in [0.25, 0.3) is 0 Å². The molecule has 1 atom stereocenters. The Morgan fingerprint density at radius 3 is 2.90 bits per heavy atom. The van der Waals surface area contributed by atoms with Crippen molar-refractivity contribution in [2.75, 3.05) is 12.3 Å². The fourth-order valence-corrected chi connectivity index (χ4v) is 2.80. The van der Waals surface area contributed by atoms with Crippen molar-refractivity contribution in [2.24, 2.45) is 0 Å². The van der Waals surface area contributed by atoms with Gasteiger partial charge in [-0.05, 0) is 42.2 Å². The zero-order valence-corrected chi connectivity index (χ0v) is 12.3. The fourth-order valence-electron chi connectivity index (χ4n) is 2.69. The standard InChI is InChI=1S/C17H16ClNO2/c18-14-6-5-12(9-15(14)19)16(20)10-11-7-8-21-17-4-2-1-3-13(11)17/h1-6,9,11H,7-8,10,19H2. The number of carbonyl (C=O) groups is 1. The average molecular weight is 302 g/mol. The molecule has 1 aliphatic rings.